The van der Waals surface area contributed by atoms with Crippen LogP contribution in [-0.4, -0.2) is 0 Å². The van der Waals surface area contributed by atoms with Gasteiger partial charge in [0.1, 0.15) is 0 Å². The molecule has 1 aliphatic carbocycles. The first-order valence-corrected chi connectivity index (χ1v) is 6.20. The Balaban J connectivity index is 2.52. The molecule has 0 heteroatoms. The molecular weight excluding hydrogens is 156 g/mol. The maximum atomic E-state index is 2.49. The van der Waals surface area contributed by atoms with E-state index in [0.717, 1.165) is 23.7 Å². The summed E-state index contributed by atoms with van der Waals surface area (Å²) in [7, 11) is 0. The maximum absolute atomic E-state index is 2.49. The predicted molar refractivity (Wildman–Crippen MR) is 59.7 cm³/mol. The third kappa shape index (κ3) is 2.48. The molecule has 4 atom stereocenters. The molecule has 1 fully saturated rings. The van der Waals surface area contributed by atoms with Gasteiger partial charge in [0, 0.05) is 0 Å². The fraction of sp³-hybridized carbons (Fsp3) is 1.00. The van der Waals surface area contributed by atoms with Crippen molar-refractivity contribution in [2.75, 3.05) is 0 Å². The van der Waals surface area contributed by atoms with Crippen molar-refractivity contribution in [3.8, 4) is 0 Å². The third-order valence-corrected chi connectivity index (χ3v) is 4.27. The predicted octanol–water partition coefficient (Wildman–Crippen LogP) is 4.49. The summed E-state index contributed by atoms with van der Waals surface area (Å²) >= 11 is 0. The van der Waals surface area contributed by atoms with Gasteiger partial charge in [0.25, 0.3) is 0 Å². The highest BCUT2D eigenvalue weighted by molar-refractivity contribution is 4.82. The van der Waals surface area contributed by atoms with E-state index >= 15 is 0 Å². The lowest BCUT2D eigenvalue weighted by Gasteiger charge is -2.40. The quantitative estimate of drug-likeness (QED) is 0.603. The van der Waals surface area contributed by atoms with Gasteiger partial charge >= 0.3 is 0 Å². The van der Waals surface area contributed by atoms with Gasteiger partial charge in [-0.05, 0) is 30.1 Å². The van der Waals surface area contributed by atoms with Crippen molar-refractivity contribution in [2.24, 2.45) is 23.7 Å². The van der Waals surface area contributed by atoms with Crippen LogP contribution in [0.15, 0.2) is 0 Å². The van der Waals surface area contributed by atoms with Gasteiger partial charge in [0.15, 0.2) is 0 Å². The molecule has 0 spiro atoms. The highest BCUT2D eigenvalue weighted by atomic mass is 14.4. The van der Waals surface area contributed by atoms with Crippen molar-refractivity contribution in [1.82, 2.24) is 0 Å². The second kappa shape index (κ2) is 5.02. The minimum absolute atomic E-state index is 0.980. The van der Waals surface area contributed by atoms with Crippen LogP contribution < -0.4 is 0 Å². The summed E-state index contributed by atoms with van der Waals surface area (Å²) in [6, 6.07) is 0. The summed E-state index contributed by atoms with van der Waals surface area (Å²) in [5.74, 6) is 4.00. The van der Waals surface area contributed by atoms with Crippen LogP contribution in [0.3, 0.4) is 0 Å². The van der Waals surface area contributed by atoms with Gasteiger partial charge in [0.05, 0.1) is 0 Å². The van der Waals surface area contributed by atoms with E-state index in [0.29, 0.717) is 0 Å². The summed E-state index contributed by atoms with van der Waals surface area (Å²) in [6.45, 7) is 9.63. The molecule has 1 rings (SSSR count). The van der Waals surface area contributed by atoms with Gasteiger partial charge in [0.2, 0.25) is 0 Å². The molecule has 0 saturated heterocycles. The standard InChI is InChI=1S/C13H26/c1-5-7-12-9-8-10(3)13(6-2)11(12)4/h10-13H,5-9H2,1-4H3/t10?,11?,12?,13-/m1/s1. The summed E-state index contributed by atoms with van der Waals surface area (Å²) < 4.78 is 0. The molecule has 0 N–H and O–H groups in total. The second-order valence-electron chi connectivity index (χ2n) is 5.03. The molecule has 3 unspecified atom stereocenters. The van der Waals surface area contributed by atoms with Crippen LogP contribution in [-0.2, 0) is 0 Å². The largest absolute Gasteiger partial charge is 0.0654 e. The number of hydrogen-bond donors (Lipinski definition) is 0. The average Bonchev–Trinajstić information content (AvgIpc) is 2.11. The molecule has 0 nitrogen and oxygen atoms in total. The van der Waals surface area contributed by atoms with E-state index in [4.69, 9.17) is 0 Å². The molecule has 0 radical (unpaired) electrons. The van der Waals surface area contributed by atoms with Crippen LogP contribution >= 0.6 is 0 Å². The fourth-order valence-corrected chi connectivity index (χ4v) is 3.37. The molecule has 0 heterocycles. The van der Waals surface area contributed by atoms with Crippen molar-refractivity contribution in [3.05, 3.63) is 0 Å². The van der Waals surface area contributed by atoms with Crippen LogP contribution in [0.25, 0.3) is 0 Å². The van der Waals surface area contributed by atoms with E-state index in [-0.39, 0.29) is 0 Å². The minimum atomic E-state index is 0.980. The molecule has 1 saturated carbocycles. The molecular formula is C13H26. The van der Waals surface area contributed by atoms with Crippen LogP contribution in [0.5, 0.6) is 0 Å². The van der Waals surface area contributed by atoms with Crippen molar-refractivity contribution in [3.63, 3.8) is 0 Å². The van der Waals surface area contributed by atoms with Gasteiger partial charge in [-0.2, -0.15) is 0 Å². The highest BCUT2D eigenvalue weighted by Gasteiger charge is 2.32. The first-order valence-electron chi connectivity index (χ1n) is 6.20. The van der Waals surface area contributed by atoms with Gasteiger partial charge in [-0.1, -0.05) is 53.4 Å². The summed E-state index contributed by atoms with van der Waals surface area (Å²) in [5.41, 5.74) is 0. The Labute approximate surface area is 84.1 Å². The van der Waals surface area contributed by atoms with Crippen molar-refractivity contribution in [1.29, 1.82) is 0 Å². The zero-order chi connectivity index (χ0) is 9.84. The van der Waals surface area contributed by atoms with Crippen LogP contribution in [0.2, 0.25) is 0 Å². The number of hydrogen-bond acceptors (Lipinski definition) is 0. The molecule has 13 heavy (non-hydrogen) atoms. The van der Waals surface area contributed by atoms with Gasteiger partial charge < -0.3 is 0 Å². The Hall–Kier alpha value is 0. The third-order valence-electron chi connectivity index (χ3n) is 4.27. The maximum Gasteiger partial charge on any atom is -0.0363 e. The van der Waals surface area contributed by atoms with E-state index in [1.807, 2.05) is 0 Å². The lowest BCUT2D eigenvalue weighted by Crippen LogP contribution is -2.31. The number of rotatable bonds is 3. The van der Waals surface area contributed by atoms with Gasteiger partial charge in [-0.25, -0.2) is 0 Å². The lowest BCUT2D eigenvalue weighted by atomic mass is 9.66. The normalized spacial score (nSPS) is 40.6. The Morgan fingerprint density at radius 1 is 1.08 bits per heavy atom. The van der Waals surface area contributed by atoms with Crippen molar-refractivity contribution >= 4 is 0 Å². The molecule has 0 aromatic carbocycles. The molecule has 0 aromatic heterocycles. The van der Waals surface area contributed by atoms with Gasteiger partial charge in [-0.15, -0.1) is 0 Å². The Kier molecular flexibility index (Phi) is 4.28. The molecule has 1 aliphatic rings. The SMILES string of the molecule is CCCC1CCC(C)[C@@H](CC)C1C. The molecule has 0 amide bonds. The topological polar surface area (TPSA) is 0 Å². The monoisotopic (exact) mass is 182 g/mol. The first kappa shape index (κ1) is 11.1. The van der Waals surface area contributed by atoms with Crippen LogP contribution in [0.1, 0.15) is 59.8 Å². The zero-order valence-electron chi connectivity index (χ0n) is 9.84. The Morgan fingerprint density at radius 3 is 2.31 bits per heavy atom. The Bertz CT molecular complexity index is 139. The summed E-state index contributed by atoms with van der Waals surface area (Å²) in [5, 5.41) is 0. The van der Waals surface area contributed by atoms with E-state index in [9.17, 15) is 0 Å². The second-order valence-corrected chi connectivity index (χ2v) is 5.03. The first-order chi connectivity index (χ1) is 6.20. The zero-order valence-corrected chi connectivity index (χ0v) is 9.84. The smallest absolute Gasteiger partial charge is 0.0363 e. The van der Waals surface area contributed by atoms with Crippen LogP contribution in [0.4, 0.5) is 0 Å². The average molecular weight is 182 g/mol. The lowest BCUT2D eigenvalue weighted by molar-refractivity contribution is 0.102. The highest BCUT2D eigenvalue weighted by Crippen LogP contribution is 2.41. The summed E-state index contributed by atoms with van der Waals surface area (Å²) in [6.07, 6.45) is 7.20. The van der Waals surface area contributed by atoms with Crippen LogP contribution in [0, 0.1) is 23.7 Å². The van der Waals surface area contributed by atoms with E-state index in [1.54, 1.807) is 0 Å². The molecule has 0 aromatic rings. The van der Waals surface area contributed by atoms with Crippen molar-refractivity contribution in [2.45, 2.75) is 59.8 Å². The Morgan fingerprint density at radius 2 is 1.77 bits per heavy atom. The van der Waals surface area contributed by atoms with E-state index in [1.165, 1.54) is 32.1 Å². The molecule has 0 aliphatic heterocycles. The molecule has 78 valence electrons. The fourth-order valence-electron chi connectivity index (χ4n) is 3.37. The van der Waals surface area contributed by atoms with Gasteiger partial charge in [-0.3, -0.25) is 0 Å². The van der Waals surface area contributed by atoms with E-state index < -0.39 is 0 Å². The van der Waals surface area contributed by atoms with Crippen molar-refractivity contribution < 1.29 is 0 Å². The minimum Gasteiger partial charge on any atom is -0.0654 e. The summed E-state index contributed by atoms with van der Waals surface area (Å²) in [4.78, 5) is 0. The molecule has 0 bridgehead atoms. The van der Waals surface area contributed by atoms with E-state index in [2.05, 4.69) is 27.7 Å².